The maximum atomic E-state index is 12.6. The summed E-state index contributed by atoms with van der Waals surface area (Å²) in [5, 5.41) is 9.17. The summed E-state index contributed by atoms with van der Waals surface area (Å²) in [6.07, 6.45) is 0.911. The van der Waals surface area contributed by atoms with Crippen molar-refractivity contribution in [2.75, 3.05) is 17.7 Å². The number of rotatable bonds is 7. The number of aromatic nitrogens is 1. The summed E-state index contributed by atoms with van der Waals surface area (Å²) in [4.78, 5) is 17.3. The smallest absolute Gasteiger partial charge is 0.228 e. The molecule has 5 nitrogen and oxygen atoms in total. The molecule has 2 N–H and O–H groups in total. The molecule has 1 amide bonds. The predicted molar refractivity (Wildman–Crippen MR) is 130 cm³/mol. The first-order chi connectivity index (χ1) is 15.7. The van der Waals surface area contributed by atoms with E-state index in [4.69, 9.17) is 4.74 Å². The quantitative estimate of drug-likeness (QED) is 0.353. The van der Waals surface area contributed by atoms with Gasteiger partial charge in [0.05, 0.1) is 18.5 Å². The first-order valence-corrected chi connectivity index (χ1v) is 11.4. The first-order valence-electron chi connectivity index (χ1n) is 10.5. The molecule has 0 bridgehead atoms. The standard InChI is InChI=1S/C26H23N3O2S/c1-31-24-10-6-5-9-22(24)28-26-29-23(16-32-26)18-11-13-19(14-12-18)27-25(30)21-15-20(21)17-7-3-2-4-8-17/h2-14,16,20-21H,15H2,1H3,(H,27,30)(H,28,29). The van der Waals surface area contributed by atoms with Crippen LogP contribution >= 0.6 is 11.3 Å². The van der Waals surface area contributed by atoms with E-state index >= 15 is 0 Å². The number of methoxy groups -OCH3 is 1. The van der Waals surface area contributed by atoms with E-state index in [1.807, 2.05) is 72.1 Å². The van der Waals surface area contributed by atoms with Gasteiger partial charge in [0.15, 0.2) is 5.13 Å². The molecule has 1 fully saturated rings. The van der Waals surface area contributed by atoms with Crippen LogP contribution in [0, 0.1) is 5.92 Å². The van der Waals surface area contributed by atoms with E-state index < -0.39 is 0 Å². The Balaban J connectivity index is 1.21. The van der Waals surface area contributed by atoms with Crippen molar-refractivity contribution in [2.45, 2.75) is 12.3 Å². The number of carbonyl (C=O) groups excluding carboxylic acids is 1. The van der Waals surface area contributed by atoms with Gasteiger partial charge in [-0.05, 0) is 42.2 Å². The molecule has 0 radical (unpaired) electrons. The number of hydrogen-bond acceptors (Lipinski definition) is 5. The third-order valence-electron chi connectivity index (χ3n) is 5.66. The van der Waals surface area contributed by atoms with E-state index in [9.17, 15) is 4.79 Å². The molecule has 2 atom stereocenters. The second kappa shape index (κ2) is 8.85. The van der Waals surface area contributed by atoms with Crippen molar-refractivity contribution in [3.63, 3.8) is 0 Å². The second-order valence-electron chi connectivity index (χ2n) is 7.79. The second-order valence-corrected chi connectivity index (χ2v) is 8.65. The minimum Gasteiger partial charge on any atom is -0.495 e. The van der Waals surface area contributed by atoms with Gasteiger partial charge >= 0.3 is 0 Å². The zero-order valence-corrected chi connectivity index (χ0v) is 18.4. The van der Waals surface area contributed by atoms with E-state index in [2.05, 4.69) is 27.8 Å². The van der Waals surface area contributed by atoms with Gasteiger partial charge in [-0.1, -0.05) is 54.6 Å². The predicted octanol–water partition coefficient (Wildman–Crippen LogP) is 6.30. The normalized spacial score (nSPS) is 16.9. The fourth-order valence-electron chi connectivity index (χ4n) is 3.84. The van der Waals surface area contributed by atoms with Crippen LogP contribution in [0.2, 0.25) is 0 Å². The van der Waals surface area contributed by atoms with Crippen LogP contribution in [0.5, 0.6) is 5.75 Å². The number of nitrogens with one attached hydrogen (secondary N) is 2. The lowest BCUT2D eigenvalue weighted by atomic mass is 10.1. The minimum atomic E-state index is 0.0548. The zero-order valence-electron chi connectivity index (χ0n) is 17.6. The Morgan fingerprint density at radius 1 is 1.00 bits per heavy atom. The maximum absolute atomic E-state index is 12.6. The summed E-state index contributed by atoms with van der Waals surface area (Å²) < 4.78 is 5.39. The van der Waals surface area contributed by atoms with Crippen LogP contribution in [-0.4, -0.2) is 18.0 Å². The van der Waals surface area contributed by atoms with Gasteiger partial charge in [0, 0.05) is 22.5 Å². The Labute approximate surface area is 191 Å². The van der Waals surface area contributed by atoms with Gasteiger partial charge in [0.25, 0.3) is 0 Å². The highest BCUT2D eigenvalue weighted by Gasteiger charge is 2.43. The number of amides is 1. The average molecular weight is 442 g/mol. The topological polar surface area (TPSA) is 63.2 Å². The third kappa shape index (κ3) is 4.36. The molecule has 1 aliphatic rings. The molecular formula is C26H23N3O2S. The average Bonchev–Trinajstić information content (AvgIpc) is 3.52. The van der Waals surface area contributed by atoms with Gasteiger partial charge in [-0.3, -0.25) is 4.79 Å². The number of hydrogen-bond donors (Lipinski definition) is 2. The van der Waals surface area contributed by atoms with Crippen molar-refractivity contribution in [3.8, 4) is 17.0 Å². The van der Waals surface area contributed by atoms with E-state index in [0.717, 1.165) is 39.9 Å². The zero-order chi connectivity index (χ0) is 21.9. The van der Waals surface area contributed by atoms with Crippen molar-refractivity contribution in [1.82, 2.24) is 4.98 Å². The van der Waals surface area contributed by atoms with Crippen LogP contribution in [-0.2, 0) is 4.79 Å². The van der Waals surface area contributed by atoms with Gasteiger partial charge in [-0.25, -0.2) is 4.98 Å². The molecule has 1 saturated carbocycles. The molecule has 3 aromatic carbocycles. The number of benzene rings is 3. The lowest BCUT2D eigenvalue weighted by Gasteiger charge is -2.08. The first kappa shape index (κ1) is 20.3. The summed E-state index contributed by atoms with van der Waals surface area (Å²) in [6.45, 7) is 0. The number of carbonyl (C=O) groups is 1. The molecule has 1 aromatic heterocycles. The molecule has 0 aliphatic heterocycles. The van der Waals surface area contributed by atoms with Crippen LogP contribution in [0.15, 0.2) is 84.2 Å². The van der Waals surface area contributed by atoms with Crippen LogP contribution < -0.4 is 15.4 Å². The van der Waals surface area contributed by atoms with Gasteiger partial charge < -0.3 is 15.4 Å². The number of anilines is 3. The van der Waals surface area contributed by atoms with Gasteiger partial charge in [-0.2, -0.15) is 0 Å². The molecule has 4 aromatic rings. The van der Waals surface area contributed by atoms with E-state index in [0.29, 0.717) is 5.92 Å². The molecule has 5 rings (SSSR count). The van der Waals surface area contributed by atoms with Crippen LogP contribution in [0.1, 0.15) is 17.9 Å². The van der Waals surface area contributed by atoms with Crippen molar-refractivity contribution < 1.29 is 9.53 Å². The largest absolute Gasteiger partial charge is 0.495 e. The van der Waals surface area contributed by atoms with Crippen molar-refractivity contribution in [3.05, 3.63) is 89.8 Å². The van der Waals surface area contributed by atoms with Crippen LogP contribution in [0.3, 0.4) is 0 Å². The Bertz CT molecular complexity index is 1220. The minimum absolute atomic E-state index is 0.0548. The fraction of sp³-hybridized carbons (Fsp3) is 0.154. The molecule has 6 heteroatoms. The highest BCUT2D eigenvalue weighted by atomic mass is 32.1. The number of ether oxygens (including phenoxy) is 1. The Morgan fingerprint density at radius 2 is 1.75 bits per heavy atom. The SMILES string of the molecule is COc1ccccc1Nc1nc(-c2ccc(NC(=O)C3CC3c3ccccc3)cc2)cs1. The molecule has 0 saturated heterocycles. The summed E-state index contributed by atoms with van der Waals surface area (Å²) in [7, 11) is 1.65. The maximum Gasteiger partial charge on any atom is 0.228 e. The van der Waals surface area contributed by atoms with Crippen molar-refractivity contribution in [2.24, 2.45) is 5.92 Å². The summed E-state index contributed by atoms with van der Waals surface area (Å²) in [5.74, 6) is 1.25. The monoisotopic (exact) mass is 441 g/mol. The third-order valence-corrected chi connectivity index (χ3v) is 6.41. The molecule has 2 unspecified atom stereocenters. The van der Waals surface area contributed by atoms with Gasteiger partial charge in [-0.15, -0.1) is 11.3 Å². The lowest BCUT2D eigenvalue weighted by Crippen LogP contribution is -2.14. The fourth-order valence-corrected chi connectivity index (χ4v) is 4.57. The molecule has 0 spiro atoms. The molecule has 1 aliphatic carbocycles. The summed E-state index contributed by atoms with van der Waals surface area (Å²) in [6, 6.07) is 25.8. The highest BCUT2D eigenvalue weighted by Crippen LogP contribution is 2.47. The highest BCUT2D eigenvalue weighted by molar-refractivity contribution is 7.14. The number of para-hydroxylation sites is 2. The van der Waals surface area contributed by atoms with Crippen LogP contribution in [0.25, 0.3) is 11.3 Å². The summed E-state index contributed by atoms with van der Waals surface area (Å²) in [5.41, 5.74) is 4.81. The Morgan fingerprint density at radius 3 is 2.53 bits per heavy atom. The van der Waals surface area contributed by atoms with Crippen molar-refractivity contribution >= 4 is 33.8 Å². The van der Waals surface area contributed by atoms with E-state index in [1.165, 1.54) is 16.9 Å². The molecule has 160 valence electrons. The molecule has 32 heavy (non-hydrogen) atoms. The van der Waals surface area contributed by atoms with E-state index in [1.54, 1.807) is 7.11 Å². The van der Waals surface area contributed by atoms with Crippen molar-refractivity contribution in [1.29, 1.82) is 0 Å². The van der Waals surface area contributed by atoms with Gasteiger partial charge in [0.1, 0.15) is 5.75 Å². The van der Waals surface area contributed by atoms with Gasteiger partial charge in [0.2, 0.25) is 5.91 Å². The Kier molecular flexibility index (Phi) is 5.60. The lowest BCUT2D eigenvalue weighted by molar-refractivity contribution is -0.117. The Hall–Kier alpha value is -3.64. The molecule has 1 heterocycles. The number of thiazole rings is 1. The van der Waals surface area contributed by atoms with Crippen LogP contribution in [0.4, 0.5) is 16.5 Å². The van der Waals surface area contributed by atoms with E-state index in [-0.39, 0.29) is 11.8 Å². The summed E-state index contributed by atoms with van der Waals surface area (Å²) >= 11 is 1.54. The number of nitrogens with zero attached hydrogens (tertiary/aromatic N) is 1. The molecular weight excluding hydrogens is 418 g/mol.